The molecule has 5 nitrogen and oxygen atoms in total. The molecule has 0 amide bonds. The van der Waals surface area contributed by atoms with E-state index < -0.39 is 0 Å². The maximum Gasteiger partial charge on any atom is 0.145 e. The molecule has 0 saturated heterocycles. The van der Waals surface area contributed by atoms with Gasteiger partial charge in [-0.3, -0.25) is 0 Å². The van der Waals surface area contributed by atoms with E-state index in [4.69, 9.17) is 5.84 Å². The third-order valence-electron chi connectivity index (χ3n) is 2.90. The van der Waals surface area contributed by atoms with Gasteiger partial charge in [0.1, 0.15) is 17.5 Å². The second-order valence-corrected chi connectivity index (χ2v) is 4.37. The number of hydrogen-bond donors (Lipinski definition) is 3. The van der Waals surface area contributed by atoms with Crippen molar-refractivity contribution in [2.45, 2.75) is 39.2 Å². The van der Waals surface area contributed by atoms with Gasteiger partial charge in [0.2, 0.25) is 0 Å². The lowest BCUT2D eigenvalue weighted by Gasteiger charge is -2.07. The Morgan fingerprint density at radius 2 is 2.19 bits per heavy atom. The molecule has 0 aromatic carbocycles. The highest BCUT2D eigenvalue weighted by Crippen LogP contribution is 2.36. The van der Waals surface area contributed by atoms with Crippen molar-refractivity contribution in [1.82, 2.24) is 9.97 Å². The molecule has 1 heterocycles. The lowest BCUT2D eigenvalue weighted by Crippen LogP contribution is -2.12. The number of aromatic nitrogens is 2. The lowest BCUT2D eigenvalue weighted by molar-refractivity contribution is 0.692. The zero-order valence-electron chi connectivity index (χ0n) is 9.83. The molecular formula is C11H19N5. The molecule has 2 rings (SSSR count). The molecule has 1 aliphatic rings. The summed E-state index contributed by atoms with van der Waals surface area (Å²) in [6.07, 6.45) is 3.80. The van der Waals surface area contributed by atoms with Crippen molar-refractivity contribution in [3.05, 3.63) is 11.9 Å². The van der Waals surface area contributed by atoms with Crippen LogP contribution in [0.4, 0.5) is 11.6 Å². The van der Waals surface area contributed by atoms with Gasteiger partial charge in [-0.15, -0.1) is 0 Å². The molecule has 1 saturated carbocycles. The standard InChI is InChI=1S/C11H19N5/c1-3-4-8-5-9(8)15-10-6-11(16-12)14-7(2)13-10/h6,8-9H,3-5,12H2,1-2H3,(H2,13,14,15,16). The number of aryl methyl sites for hydroxylation is 1. The first kappa shape index (κ1) is 11.1. The van der Waals surface area contributed by atoms with Crippen LogP contribution in [0.1, 0.15) is 32.0 Å². The first-order valence-corrected chi connectivity index (χ1v) is 5.81. The highest BCUT2D eigenvalue weighted by molar-refractivity contribution is 5.48. The average Bonchev–Trinajstić information content (AvgIpc) is 2.96. The van der Waals surface area contributed by atoms with Gasteiger partial charge in [0.05, 0.1) is 0 Å². The molecule has 5 heteroatoms. The first-order valence-electron chi connectivity index (χ1n) is 5.81. The molecule has 0 bridgehead atoms. The normalized spacial score (nSPS) is 22.9. The highest BCUT2D eigenvalue weighted by atomic mass is 15.3. The second-order valence-electron chi connectivity index (χ2n) is 4.37. The maximum absolute atomic E-state index is 5.34. The monoisotopic (exact) mass is 221 g/mol. The number of nitrogen functional groups attached to an aromatic ring is 1. The minimum atomic E-state index is 0.583. The Morgan fingerprint density at radius 1 is 1.44 bits per heavy atom. The van der Waals surface area contributed by atoms with Crippen LogP contribution in [0.2, 0.25) is 0 Å². The van der Waals surface area contributed by atoms with Gasteiger partial charge < -0.3 is 10.7 Å². The molecule has 1 aromatic heterocycles. The molecule has 16 heavy (non-hydrogen) atoms. The van der Waals surface area contributed by atoms with E-state index in [1.807, 2.05) is 13.0 Å². The van der Waals surface area contributed by atoms with E-state index >= 15 is 0 Å². The Morgan fingerprint density at radius 3 is 2.88 bits per heavy atom. The van der Waals surface area contributed by atoms with Crippen LogP contribution in [0, 0.1) is 12.8 Å². The van der Waals surface area contributed by atoms with Gasteiger partial charge in [-0.1, -0.05) is 13.3 Å². The third-order valence-corrected chi connectivity index (χ3v) is 2.90. The fourth-order valence-electron chi connectivity index (χ4n) is 2.02. The summed E-state index contributed by atoms with van der Waals surface area (Å²) in [5.74, 6) is 8.40. The van der Waals surface area contributed by atoms with E-state index in [0.717, 1.165) is 17.6 Å². The SMILES string of the molecule is CCCC1CC1Nc1cc(NN)nc(C)n1. The van der Waals surface area contributed by atoms with Crippen LogP contribution < -0.4 is 16.6 Å². The molecule has 1 aliphatic carbocycles. The molecule has 1 aromatic rings. The van der Waals surface area contributed by atoms with Gasteiger partial charge in [-0.25, -0.2) is 15.8 Å². The maximum atomic E-state index is 5.34. The van der Waals surface area contributed by atoms with Crippen LogP contribution >= 0.6 is 0 Å². The Kier molecular flexibility index (Phi) is 3.24. The summed E-state index contributed by atoms with van der Waals surface area (Å²) < 4.78 is 0. The van der Waals surface area contributed by atoms with Gasteiger partial charge in [-0.2, -0.15) is 0 Å². The van der Waals surface area contributed by atoms with E-state index in [9.17, 15) is 0 Å². The number of nitrogens with one attached hydrogen (secondary N) is 2. The highest BCUT2D eigenvalue weighted by Gasteiger charge is 2.36. The van der Waals surface area contributed by atoms with Crippen molar-refractivity contribution in [1.29, 1.82) is 0 Å². The predicted octanol–water partition coefficient (Wildman–Crippen LogP) is 1.67. The quantitative estimate of drug-likeness (QED) is 0.521. The Hall–Kier alpha value is -1.36. The largest absolute Gasteiger partial charge is 0.367 e. The third kappa shape index (κ3) is 2.61. The number of nitrogens with zero attached hydrogens (tertiary/aromatic N) is 2. The zero-order valence-corrected chi connectivity index (χ0v) is 9.83. The zero-order chi connectivity index (χ0) is 11.5. The van der Waals surface area contributed by atoms with Gasteiger partial charge in [-0.05, 0) is 25.7 Å². The molecule has 2 atom stereocenters. The van der Waals surface area contributed by atoms with Crippen LogP contribution in [-0.4, -0.2) is 16.0 Å². The first-order chi connectivity index (χ1) is 7.72. The smallest absolute Gasteiger partial charge is 0.145 e. The van der Waals surface area contributed by atoms with Crippen LogP contribution in [0.5, 0.6) is 0 Å². The van der Waals surface area contributed by atoms with Crippen molar-refractivity contribution in [2.24, 2.45) is 11.8 Å². The second kappa shape index (κ2) is 4.65. The van der Waals surface area contributed by atoms with Gasteiger partial charge in [0.25, 0.3) is 0 Å². The molecule has 88 valence electrons. The van der Waals surface area contributed by atoms with E-state index in [-0.39, 0.29) is 0 Å². The van der Waals surface area contributed by atoms with Crippen molar-refractivity contribution in [2.75, 3.05) is 10.7 Å². The van der Waals surface area contributed by atoms with Gasteiger partial charge >= 0.3 is 0 Å². The summed E-state index contributed by atoms with van der Waals surface area (Å²) in [5, 5.41) is 3.42. The Bertz CT molecular complexity index is 365. The number of nitrogens with two attached hydrogens (primary N) is 1. The van der Waals surface area contributed by atoms with Crippen molar-refractivity contribution >= 4 is 11.6 Å². The minimum absolute atomic E-state index is 0.583. The number of hydrogen-bond acceptors (Lipinski definition) is 5. The molecule has 0 spiro atoms. The van der Waals surface area contributed by atoms with Crippen LogP contribution in [0.3, 0.4) is 0 Å². The molecule has 0 aliphatic heterocycles. The summed E-state index contributed by atoms with van der Waals surface area (Å²) in [7, 11) is 0. The minimum Gasteiger partial charge on any atom is -0.367 e. The van der Waals surface area contributed by atoms with E-state index in [1.165, 1.54) is 19.3 Å². The number of hydrazine groups is 1. The van der Waals surface area contributed by atoms with Crippen LogP contribution in [-0.2, 0) is 0 Å². The van der Waals surface area contributed by atoms with E-state index in [0.29, 0.717) is 11.9 Å². The summed E-state index contributed by atoms with van der Waals surface area (Å²) in [4.78, 5) is 8.49. The molecule has 4 N–H and O–H groups in total. The number of anilines is 2. The summed E-state index contributed by atoms with van der Waals surface area (Å²) in [5.41, 5.74) is 2.55. The average molecular weight is 221 g/mol. The van der Waals surface area contributed by atoms with Crippen LogP contribution in [0.15, 0.2) is 6.07 Å². The lowest BCUT2D eigenvalue weighted by atomic mass is 10.2. The van der Waals surface area contributed by atoms with E-state index in [2.05, 4.69) is 27.6 Å². The van der Waals surface area contributed by atoms with E-state index in [1.54, 1.807) is 0 Å². The summed E-state index contributed by atoms with van der Waals surface area (Å²) >= 11 is 0. The number of rotatable bonds is 5. The summed E-state index contributed by atoms with van der Waals surface area (Å²) in [6, 6.07) is 2.42. The van der Waals surface area contributed by atoms with Crippen molar-refractivity contribution in [3.63, 3.8) is 0 Å². The summed E-state index contributed by atoms with van der Waals surface area (Å²) in [6.45, 7) is 4.09. The van der Waals surface area contributed by atoms with Crippen LogP contribution in [0.25, 0.3) is 0 Å². The van der Waals surface area contributed by atoms with Crippen molar-refractivity contribution in [3.8, 4) is 0 Å². The van der Waals surface area contributed by atoms with Gasteiger partial charge in [0, 0.05) is 12.1 Å². The topological polar surface area (TPSA) is 75.9 Å². The molecular weight excluding hydrogens is 202 g/mol. The fourth-order valence-corrected chi connectivity index (χ4v) is 2.02. The Labute approximate surface area is 95.8 Å². The fraction of sp³-hybridized carbons (Fsp3) is 0.636. The van der Waals surface area contributed by atoms with Crippen molar-refractivity contribution < 1.29 is 0 Å². The molecule has 0 radical (unpaired) electrons. The predicted molar refractivity (Wildman–Crippen MR) is 65.0 cm³/mol. The molecule has 1 fully saturated rings. The molecule has 2 unspecified atom stereocenters. The Balaban J connectivity index is 1.97. The van der Waals surface area contributed by atoms with Gasteiger partial charge in [0.15, 0.2) is 0 Å².